The molecule has 7 nitrogen and oxygen atoms in total. The molecule has 1 atom stereocenters. The number of nitrogens with one attached hydrogen (secondary N) is 1. The number of aromatic carboxylic acids is 1. The summed E-state index contributed by atoms with van der Waals surface area (Å²) in [6.45, 7) is 5.76. The summed E-state index contributed by atoms with van der Waals surface area (Å²) in [5.41, 5.74) is 2.14. The molecule has 0 saturated carbocycles. The van der Waals surface area contributed by atoms with E-state index in [1.165, 1.54) is 4.57 Å². The summed E-state index contributed by atoms with van der Waals surface area (Å²) in [6, 6.07) is 8.08. The number of benzene rings is 1. The monoisotopic (exact) mass is 492 g/mol. The summed E-state index contributed by atoms with van der Waals surface area (Å²) in [5, 5.41) is 13.6. The Labute approximate surface area is 187 Å². The second-order valence-electron chi connectivity index (χ2n) is 7.36. The molecule has 0 aliphatic rings. The normalized spacial score (nSPS) is 12.2. The average Bonchev–Trinajstić information content (AvgIpc) is 3.01. The van der Waals surface area contributed by atoms with Gasteiger partial charge in [-0.15, -0.1) is 0 Å². The first-order valence-electron chi connectivity index (χ1n) is 9.30. The zero-order valence-corrected chi connectivity index (χ0v) is 19.3. The number of hydrogen-bond donors (Lipinski definition) is 2. The molecule has 0 fully saturated rings. The molecule has 2 heterocycles. The number of carbonyl (C=O) groups is 1. The zero-order valence-electron chi connectivity index (χ0n) is 17.0. The fourth-order valence-corrected chi connectivity index (χ4v) is 4.35. The Kier molecular flexibility index (Phi) is 6.38. The molecular formula is C21H22BrClN4O3. The van der Waals surface area contributed by atoms with Gasteiger partial charge in [0.15, 0.2) is 10.4 Å². The molecule has 0 aliphatic carbocycles. The number of carboxylic acids is 1. The fraction of sp³-hybridized carbons (Fsp3) is 0.286. The van der Waals surface area contributed by atoms with E-state index in [1.54, 1.807) is 48.1 Å². The van der Waals surface area contributed by atoms with Crippen molar-refractivity contribution in [1.82, 2.24) is 14.1 Å². The van der Waals surface area contributed by atoms with Crippen molar-refractivity contribution in [3.63, 3.8) is 0 Å². The van der Waals surface area contributed by atoms with E-state index in [2.05, 4.69) is 26.2 Å². The van der Waals surface area contributed by atoms with Crippen LogP contribution in [0, 0.1) is 6.92 Å². The highest BCUT2D eigenvalue weighted by atomic mass is 79.9. The van der Waals surface area contributed by atoms with E-state index in [1.807, 2.05) is 20.8 Å². The van der Waals surface area contributed by atoms with Gasteiger partial charge in [0, 0.05) is 24.3 Å². The number of halogens is 2. The Morgan fingerprint density at radius 1 is 1.27 bits per heavy atom. The van der Waals surface area contributed by atoms with Gasteiger partial charge in [-0.05, 0) is 66.0 Å². The fourth-order valence-electron chi connectivity index (χ4n) is 3.45. The van der Waals surface area contributed by atoms with Crippen molar-refractivity contribution in [3.8, 4) is 0 Å². The summed E-state index contributed by atoms with van der Waals surface area (Å²) >= 11 is 9.45. The van der Waals surface area contributed by atoms with Crippen LogP contribution in [-0.2, 0) is 7.05 Å². The highest BCUT2D eigenvalue weighted by Crippen LogP contribution is 2.34. The molecule has 2 N–H and O–H groups in total. The minimum Gasteiger partial charge on any atom is -0.476 e. The van der Waals surface area contributed by atoms with Crippen LogP contribution in [0.1, 0.15) is 53.2 Å². The first kappa shape index (κ1) is 22.1. The largest absolute Gasteiger partial charge is 0.476 e. The summed E-state index contributed by atoms with van der Waals surface area (Å²) < 4.78 is 3.70. The first-order chi connectivity index (χ1) is 14.1. The van der Waals surface area contributed by atoms with Gasteiger partial charge in [-0.1, -0.05) is 23.7 Å². The summed E-state index contributed by atoms with van der Waals surface area (Å²) in [7, 11) is 1.68. The Hall–Kier alpha value is -2.58. The van der Waals surface area contributed by atoms with Crippen LogP contribution in [0.5, 0.6) is 0 Å². The maximum absolute atomic E-state index is 12.7. The van der Waals surface area contributed by atoms with Gasteiger partial charge in [-0.2, -0.15) is 0 Å². The van der Waals surface area contributed by atoms with E-state index in [9.17, 15) is 14.7 Å². The number of carboxylic acid groups (broad SMARTS) is 1. The lowest BCUT2D eigenvalue weighted by Gasteiger charge is -2.25. The van der Waals surface area contributed by atoms with Crippen molar-refractivity contribution in [2.24, 2.45) is 7.05 Å². The van der Waals surface area contributed by atoms with E-state index in [0.29, 0.717) is 21.1 Å². The Morgan fingerprint density at radius 2 is 1.90 bits per heavy atom. The van der Waals surface area contributed by atoms with Crippen LogP contribution in [0.4, 0.5) is 5.69 Å². The number of rotatable bonds is 6. The zero-order chi connectivity index (χ0) is 22.2. The van der Waals surface area contributed by atoms with Gasteiger partial charge >= 0.3 is 5.97 Å². The average molecular weight is 494 g/mol. The Bertz CT molecular complexity index is 1150. The van der Waals surface area contributed by atoms with E-state index in [-0.39, 0.29) is 17.3 Å². The number of nitrogens with zero attached hydrogens (tertiary/aromatic N) is 3. The molecule has 1 aromatic carbocycles. The van der Waals surface area contributed by atoms with E-state index < -0.39 is 12.0 Å². The second kappa shape index (κ2) is 8.65. The van der Waals surface area contributed by atoms with Gasteiger partial charge in [0.1, 0.15) is 5.69 Å². The first-order valence-corrected chi connectivity index (χ1v) is 10.5. The maximum Gasteiger partial charge on any atom is 0.356 e. The molecule has 0 aliphatic heterocycles. The van der Waals surface area contributed by atoms with Crippen LogP contribution in [0.25, 0.3) is 0 Å². The quantitative estimate of drug-likeness (QED) is 0.515. The van der Waals surface area contributed by atoms with Gasteiger partial charge < -0.3 is 19.6 Å². The van der Waals surface area contributed by atoms with Crippen LogP contribution >= 0.6 is 27.5 Å². The third-order valence-corrected chi connectivity index (χ3v) is 5.53. The SMILES string of the molecule is Cc1cc(NC(c2ccc(Cl)cc2)c2c(C(=O)O)nc(Br)n2C(C)C)c(=O)n(C)c1. The number of hydrogen-bond acceptors (Lipinski definition) is 4. The van der Waals surface area contributed by atoms with Crippen molar-refractivity contribution in [1.29, 1.82) is 0 Å². The maximum atomic E-state index is 12.7. The van der Waals surface area contributed by atoms with Gasteiger partial charge in [-0.25, -0.2) is 9.78 Å². The lowest BCUT2D eigenvalue weighted by molar-refractivity contribution is 0.0689. The Morgan fingerprint density at radius 3 is 2.47 bits per heavy atom. The van der Waals surface area contributed by atoms with Crippen LogP contribution < -0.4 is 10.9 Å². The predicted octanol–water partition coefficient (Wildman–Crippen LogP) is 4.79. The number of aryl methyl sites for hydroxylation is 2. The molecule has 0 saturated heterocycles. The number of imidazole rings is 1. The van der Waals surface area contributed by atoms with E-state index in [4.69, 9.17) is 11.6 Å². The summed E-state index contributed by atoms with van der Waals surface area (Å²) in [6.07, 6.45) is 1.74. The van der Waals surface area contributed by atoms with Crippen LogP contribution in [0.15, 0.2) is 46.1 Å². The second-order valence-corrected chi connectivity index (χ2v) is 8.51. The lowest BCUT2D eigenvalue weighted by Crippen LogP contribution is -2.26. The number of anilines is 1. The number of pyridine rings is 1. The van der Waals surface area contributed by atoms with Crippen molar-refractivity contribution >= 4 is 39.2 Å². The molecule has 158 valence electrons. The van der Waals surface area contributed by atoms with E-state index >= 15 is 0 Å². The van der Waals surface area contributed by atoms with Crippen molar-refractivity contribution in [3.05, 3.63) is 79.2 Å². The standard InChI is InChI=1S/C21H22BrClN4O3/c1-11(2)27-18(17(20(29)30)25-21(27)22)16(13-5-7-14(23)8-6-13)24-15-9-12(3)10-26(4)19(15)28/h5-11,16,24H,1-4H3,(H,29,30). The summed E-state index contributed by atoms with van der Waals surface area (Å²) in [5.74, 6) is -1.15. The smallest absolute Gasteiger partial charge is 0.356 e. The van der Waals surface area contributed by atoms with Gasteiger partial charge in [0.05, 0.1) is 11.7 Å². The molecule has 1 unspecified atom stereocenters. The predicted molar refractivity (Wildman–Crippen MR) is 121 cm³/mol. The van der Waals surface area contributed by atoms with Crippen molar-refractivity contribution < 1.29 is 9.90 Å². The van der Waals surface area contributed by atoms with Gasteiger partial charge in [0.25, 0.3) is 5.56 Å². The van der Waals surface area contributed by atoms with Gasteiger partial charge in [0.2, 0.25) is 0 Å². The van der Waals surface area contributed by atoms with Crippen LogP contribution in [0.2, 0.25) is 5.02 Å². The molecule has 0 bridgehead atoms. The molecule has 30 heavy (non-hydrogen) atoms. The molecule has 3 rings (SSSR count). The van der Waals surface area contributed by atoms with Crippen molar-refractivity contribution in [2.45, 2.75) is 32.9 Å². The van der Waals surface area contributed by atoms with E-state index in [0.717, 1.165) is 11.1 Å². The highest BCUT2D eigenvalue weighted by Gasteiger charge is 2.30. The molecule has 0 radical (unpaired) electrons. The molecule has 0 spiro atoms. The molecule has 9 heteroatoms. The molecular weight excluding hydrogens is 472 g/mol. The van der Waals surface area contributed by atoms with Crippen LogP contribution in [-0.4, -0.2) is 25.2 Å². The topological polar surface area (TPSA) is 89.2 Å². The van der Waals surface area contributed by atoms with Crippen LogP contribution in [0.3, 0.4) is 0 Å². The van der Waals surface area contributed by atoms with Gasteiger partial charge in [-0.3, -0.25) is 4.79 Å². The molecule has 3 aromatic rings. The minimum absolute atomic E-state index is 0.0769. The van der Waals surface area contributed by atoms with Crippen molar-refractivity contribution in [2.75, 3.05) is 5.32 Å². The summed E-state index contributed by atoms with van der Waals surface area (Å²) in [4.78, 5) is 29.0. The highest BCUT2D eigenvalue weighted by molar-refractivity contribution is 9.10. The molecule has 0 amide bonds. The molecule has 2 aromatic heterocycles. The third kappa shape index (κ3) is 4.29. The Balaban J connectivity index is 2.28. The number of aromatic nitrogens is 3. The lowest BCUT2D eigenvalue weighted by atomic mass is 10.0. The third-order valence-electron chi connectivity index (χ3n) is 4.72. The minimum atomic E-state index is -1.15.